The summed E-state index contributed by atoms with van der Waals surface area (Å²) in [6, 6.07) is 11.8. The largest absolute Gasteiger partial charge is 0.469 e. The van der Waals surface area contributed by atoms with Crippen LogP contribution < -0.4 is 10.1 Å². The Morgan fingerprint density at radius 2 is 1.84 bits per heavy atom. The lowest BCUT2D eigenvalue weighted by atomic mass is 10.1. The van der Waals surface area contributed by atoms with Crippen molar-refractivity contribution in [2.45, 2.75) is 32.7 Å². The number of aromatic nitrogens is 3. The van der Waals surface area contributed by atoms with Crippen LogP contribution in [0.4, 0.5) is 19.1 Å². The SMILES string of the molecule is Cc1cc(C)nc(-c2ccc(CNc3ncc(C(F)(F)F)c(OC4COC4)n3)cc2)c1. The molecule has 9 heteroatoms. The Morgan fingerprint density at radius 1 is 1.10 bits per heavy atom. The molecule has 1 N–H and O–H groups in total. The van der Waals surface area contributed by atoms with Crippen molar-refractivity contribution in [1.29, 1.82) is 0 Å². The Kier molecular flexibility index (Phi) is 5.77. The number of hydrogen-bond acceptors (Lipinski definition) is 6. The van der Waals surface area contributed by atoms with Gasteiger partial charge in [-0.15, -0.1) is 0 Å². The van der Waals surface area contributed by atoms with Crippen LogP contribution in [0, 0.1) is 13.8 Å². The predicted octanol–water partition coefficient (Wildman–Crippen LogP) is 4.56. The van der Waals surface area contributed by atoms with E-state index in [0.717, 1.165) is 34.3 Å². The highest BCUT2D eigenvalue weighted by atomic mass is 19.4. The van der Waals surface area contributed by atoms with Crippen molar-refractivity contribution in [2.24, 2.45) is 0 Å². The summed E-state index contributed by atoms with van der Waals surface area (Å²) in [7, 11) is 0. The van der Waals surface area contributed by atoms with Crippen LogP contribution in [-0.2, 0) is 17.5 Å². The molecule has 0 spiro atoms. The summed E-state index contributed by atoms with van der Waals surface area (Å²) in [4.78, 5) is 12.3. The van der Waals surface area contributed by atoms with Crippen LogP contribution in [0.25, 0.3) is 11.3 Å². The van der Waals surface area contributed by atoms with Crippen molar-refractivity contribution in [2.75, 3.05) is 18.5 Å². The molecule has 4 rings (SSSR count). The van der Waals surface area contributed by atoms with Crippen LogP contribution in [0.2, 0.25) is 0 Å². The average Bonchev–Trinajstić information content (AvgIpc) is 2.68. The van der Waals surface area contributed by atoms with E-state index in [4.69, 9.17) is 9.47 Å². The number of hydrogen-bond donors (Lipinski definition) is 1. The highest BCUT2D eigenvalue weighted by Crippen LogP contribution is 2.36. The van der Waals surface area contributed by atoms with Gasteiger partial charge in [0.2, 0.25) is 11.8 Å². The number of nitrogens with one attached hydrogen (secondary N) is 1. The van der Waals surface area contributed by atoms with E-state index in [1.165, 1.54) is 0 Å². The zero-order valence-electron chi connectivity index (χ0n) is 17.0. The van der Waals surface area contributed by atoms with Crippen molar-refractivity contribution >= 4 is 5.95 Å². The van der Waals surface area contributed by atoms with Gasteiger partial charge in [0.05, 0.1) is 18.9 Å². The average molecular weight is 430 g/mol. The van der Waals surface area contributed by atoms with Crippen LogP contribution in [0.1, 0.15) is 22.4 Å². The highest BCUT2D eigenvalue weighted by molar-refractivity contribution is 5.60. The van der Waals surface area contributed by atoms with Crippen LogP contribution in [-0.4, -0.2) is 34.3 Å². The molecule has 1 aliphatic rings. The van der Waals surface area contributed by atoms with Gasteiger partial charge < -0.3 is 14.8 Å². The van der Waals surface area contributed by atoms with Gasteiger partial charge in [-0.05, 0) is 37.1 Å². The van der Waals surface area contributed by atoms with Gasteiger partial charge in [0.25, 0.3) is 0 Å². The second kappa shape index (κ2) is 8.50. The summed E-state index contributed by atoms with van der Waals surface area (Å²) in [6.45, 7) is 4.81. The van der Waals surface area contributed by atoms with Crippen molar-refractivity contribution in [1.82, 2.24) is 15.0 Å². The van der Waals surface area contributed by atoms with Gasteiger partial charge in [-0.3, -0.25) is 4.98 Å². The van der Waals surface area contributed by atoms with E-state index in [9.17, 15) is 13.2 Å². The molecule has 3 aromatic rings. The fourth-order valence-electron chi connectivity index (χ4n) is 3.14. The zero-order valence-corrected chi connectivity index (χ0v) is 17.0. The Labute approximate surface area is 177 Å². The van der Waals surface area contributed by atoms with E-state index in [1.54, 1.807) is 0 Å². The molecule has 0 aliphatic carbocycles. The highest BCUT2D eigenvalue weighted by Gasteiger charge is 2.37. The first kappa shape index (κ1) is 21.0. The number of anilines is 1. The van der Waals surface area contributed by atoms with E-state index < -0.39 is 23.7 Å². The second-order valence-electron chi connectivity index (χ2n) is 7.41. The van der Waals surface area contributed by atoms with Gasteiger partial charge in [0, 0.05) is 24.0 Å². The lowest BCUT2D eigenvalue weighted by Gasteiger charge is -2.27. The molecule has 162 valence electrons. The number of alkyl halides is 3. The molecule has 0 radical (unpaired) electrons. The van der Waals surface area contributed by atoms with E-state index in [-0.39, 0.29) is 19.2 Å². The molecule has 1 aliphatic heterocycles. The van der Waals surface area contributed by atoms with Crippen LogP contribution in [0.3, 0.4) is 0 Å². The van der Waals surface area contributed by atoms with Crippen molar-refractivity contribution in [3.63, 3.8) is 0 Å². The zero-order chi connectivity index (χ0) is 22.0. The van der Waals surface area contributed by atoms with Crippen LogP contribution >= 0.6 is 0 Å². The first-order chi connectivity index (χ1) is 14.8. The summed E-state index contributed by atoms with van der Waals surface area (Å²) in [5, 5.41) is 2.95. The Morgan fingerprint density at radius 3 is 2.45 bits per heavy atom. The van der Waals surface area contributed by atoms with Gasteiger partial charge in [-0.25, -0.2) is 4.98 Å². The van der Waals surface area contributed by atoms with Crippen molar-refractivity contribution in [3.05, 3.63) is 65.0 Å². The number of rotatable bonds is 6. The minimum absolute atomic E-state index is 0.0586. The molecular weight excluding hydrogens is 409 g/mol. The molecule has 0 amide bonds. The van der Waals surface area contributed by atoms with E-state index in [2.05, 4.69) is 20.3 Å². The molecule has 6 nitrogen and oxygen atoms in total. The molecule has 0 unspecified atom stereocenters. The van der Waals surface area contributed by atoms with Gasteiger partial charge in [-0.1, -0.05) is 24.3 Å². The fraction of sp³-hybridized carbons (Fsp3) is 0.318. The minimum atomic E-state index is -4.60. The van der Waals surface area contributed by atoms with Gasteiger partial charge >= 0.3 is 6.18 Å². The third-order valence-corrected chi connectivity index (χ3v) is 4.74. The molecule has 1 saturated heterocycles. The summed E-state index contributed by atoms with van der Waals surface area (Å²) in [5.74, 6) is -0.433. The standard InChI is InChI=1S/C22H21F3N4O2/c1-13-7-14(2)28-19(8-13)16-5-3-15(4-6-16)9-26-21-27-10-18(22(23,24)25)20(29-21)31-17-11-30-12-17/h3-8,10,17H,9,11-12H2,1-2H3,(H,26,27,29). The molecule has 0 saturated carbocycles. The van der Waals surface area contributed by atoms with Crippen molar-refractivity contribution in [3.8, 4) is 17.1 Å². The van der Waals surface area contributed by atoms with E-state index in [1.807, 2.05) is 50.2 Å². The molecule has 1 aromatic carbocycles. The predicted molar refractivity (Wildman–Crippen MR) is 109 cm³/mol. The molecule has 2 aromatic heterocycles. The maximum atomic E-state index is 13.2. The Balaban J connectivity index is 1.46. The summed E-state index contributed by atoms with van der Waals surface area (Å²) in [6.07, 6.45) is -4.30. The first-order valence-corrected chi connectivity index (χ1v) is 9.75. The molecule has 3 heterocycles. The second-order valence-corrected chi connectivity index (χ2v) is 7.41. The van der Waals surface area contributed by atoms with E-state index in [0.29, 0.717) is 6.54 Å². The first-order valence-electron chi connectivity index (χ1n) is 9.75. The smallest absolute Gasteiger partial charge is 0.423 e. The summed E-state index contributed by atoms with van der Waals surface area (Å²) < 4.78 is 49.9. The molecule has 0 bridgehead atoms. The number of benzene rings is 1. The Bertz CT molecular complexity index is 1050. The number of pyridine rings is 1. The molecule has 31 heavy (non-hydrogen) atoms. The van der Waals surface area contributed by atoms with Crippen LogP contribution in [0.15, 0.2) is 42.6 Å². The molecule has 1 fully saturated rings. The molecule has 0 atom stereocenters. The lowest BCUT2D eigenvalue weighted by Crippen LogP contribution is -2.39. The number of nitrogens with zero attached hydrogens (tertiary/aromatic N) is 3. The monoisotopic (exact) mass is 430 g/mol. The number of ether oxygens (including phenoxy) is 2. The normalized spacial score (nSPS) is 14.2. The summed E-state index contributed by atoms with van der Waals surface area (Å²) in [5.41, 5.74) is 3.89. The van der Waals surface area contributed by atoms with Crippen molar-refractivity contribution < 1.29 is 22.6 Å². The van der Waals surface area contributed by atoms with Crippen LogP contribution in [0.5, 0.6) is 5.88 Å². The lowest BCUT2D eigenvalue weighted by molar-refractivity contribution is -0.142. The summed E-state index contributed by atoms with van der Waals surface area (Å²) >= 11 is 0. The quantitative estimate of drug-likeness (QED) is 0.618. The Hall–Kier alpha value is -3.20. The maximum absolute atomic E-state index is 13.2. The van der Waals surface area contributed by atoms with Gasteiger partial charge in [-0.2, -0.15) is 18.2 Å². The number of halogens is 3. The van der Waals surface area contributed by atoms with E-state index >= 15 is 0 Å². The third kappa shape index (κ3) is 5.11. The topological polar surface area (TPSA) is 69.2 Å². The number of aryl methyl sites for hydroxylation is 2. The third-order valence-electron chi connectivity index (χ3n) is 4.74. The van der Waals surface area contributed by atoms with Gasteiger partial charge in [0.1, 0.15) is 11.7 Å². The molecular formula is C22H21F3N4O2. The maximum Gasteiger partial charge on any atom is 0.423 e. The van der Waals surface area contributed by atoms with Gasteiger partial charge in [0.15, 0.2) is 0 Å². The fourth-order valence-corrected chi connectivity index (χ4v) is 3.14. The minimum Gasteiger partial charge on any atom is -0.469 e.